The van der Waals surface area contributed by atoms with Gasteiger partial charge in [0.2, 0.25) is 11.8 Å². The molecule has 1 aromatic heterocycles. The summed E-state index contributed by atoms with van der Waals surface area (Å²) >= 11 is 7.16. The van der Waals surface area contributed by atoms with Crippen LogP contribution in [-0.4, -0.2) is 21.4 Å². The Morgan fingerprint density at radius 1 is 1.14 bits per heavy atom. The monoisotopic (exact) mass is 415 g/mol. The summed E-state index contributed by atoms with van der Waals surface area (Å²) in [6.45, 7) is 8.28. The van der Waals surface area contributed by atoms with Gasteiger partial charge in [-0.1, -0.05) is 62.3 Å². The van der Waals surface area contributed by atoms with Crippen molar-refractivity contribution in [2.24, 2.45) is 0 Å². The molecule has 0 aliphatic heterocycles. The molecule has 0 radical (unpaired) electrons. The standard InChI is InChI=1S/C21H22ClN3O2S/c1-13(18(26)23-17-7-5-6-16(22)12-17)28-20-25-24-19(27-20)14-8-10-15(11-9-14)21(2,3)4/h5-13H,1-4H3,(H,23,26)/t13-/m0/s1. The van der Waals surface area contributed by atoms with E-state index >= 15 is 0 Å². The fourth-order valence-corrected chi connectivity index (χ4v) is 3.38. The molecule has 0 fully saturated rings. The molecule has 146 valence electrons. The van der Waals surface area contributed by atoms with E-state index in [-0.39, 0.29) is 11.3 Å². The van der Waals surface area contributed by atoms with Gasteiger partial charge in [-0.15, -0.1) is 10.2 Å². The molecule has 0 bridgehead atoms. The van der Waals surface area contributed by atoms with E-state index in [1.165, 1.54) is 17.3 Å². The Kier molecular flexibility index (Phi) is 6.10. The first-order valence-corrected chi connectivity index (χ1v) is 10.2. The molecule has 0 unspecified atom stereocenters. The van der Waals surface area contributed by atoms with Crippen LogP contribution in [0.3, 0.4) is 0 Å². The molecule has 0 saturated carbocycles. The first-order chi connectivity index (χ1) is 13.2. The van der Waals surface area contributed by atoms with Gasteiger partial charge in [0.25, 0.3) is 5.22 Å². The summed E-state index contributed by atoms with van der Waals surface area (Å²) in [5.74, 6) is 0.270. The van der Waals surface area contributed by atoms with Crippen LogP contribution in [-0.2, 0) is 10.2 Å². The maximum Gasteiger partial charge on any atom is 0.277 e. The molecule has 1 amide bonds. The van der Waals surface area contributed by atoms with Crippen LogP contribution in [0.15, 0.2) is 58.2 Å². The number of nitrogens with one attached hydrogen (secondary N) is 1. The van der Waals surface area contributed by atoms with Gasteiger partial charge < -0.3 is 9.73 Å². The van der Waals surface area contributed by atoms with Crippen LogP contribution in [0.25, 0.3) is 11.5 Å². The van der Waals surface area contributed by atoms with Gasteiger partial charge in [0.05, 0.1) is 5.25 Å². The minimum Gasteiger partial charge on any atom is -0.411 e. The quantitative estimate of drug-likeness (QED) is 0.533. The largest absolute Gasteiger partial charge is 0.411 e. The molecule has 0 aliphatic carbocycles. The number of anilines is 1. The molecule has 3 rings (SSSR count). The van der Waals surface area contributed by atoms with Crippen molar-refractivity contribution in [2.45, 2.75) is 43.6 Å². The number of rotatable bonds is 5. The fraction of sp³-hybridized carbons (Fsp3) is 0.286. The molecule has 2 aromatic carbocycles. The third-order valence-corrected chi connectivity index (χ3v) is 5.31. The third kappa shape index (κ3) is 5.14. The topological polar surface area (TPSA) is 68.0 Å². The van der Waals surface area contributed by atoms with Crippen LogP contribution in [0.1, 0.15) is 33.3 Å². The maximum absolute atomic E-state index is 12.4. The van der Waals surface area contributed by atoms with Crippen LogP contribution in [0.2, 0.25) is 5.02 Å². The molecule has 1 atom stereocenters. The molecule has 7 heteroatoms. The lowest BCUT2D eigenvalue weighted by Crippen LogP contribution is -2.22. The summed E-state index contributed by atoms with van der Waals surface area (Å²) in [5, 5.41) is 11.5. The number of carbonyl (C=O) groups excluding carboxylic acids is 1. The second-order valence-corrected chi connectivity index (χ2v) is 9.19. The van der Waals surface area contributed by atoms with Crippen LogP contribution in [0.5, 0.6) is 0 Å². The van der Waals surface area contributed by atoms with Crippen molar-refractivity contribution in [2.75, 3.05) is 5.32 Å². The normalized spacial score (nSPS) is 12.6. The summed E-state index contributed by atoms with van der Waals surface area (Å²) in [6.07, 6.45) is 0. The van der Waals surface area contributed by atoms with Gasteiger partial charge in [-0.05, 0) is 48.2 Å². The summed E-state index contributed by atoms with van der Waals surface area (Å²) in [5.41, 5.74) is 2.82. The second kappa shape index (κ2) is 8.37. The number of hydrogen-bond donors (Lipinski definition) is 1. The smallest absolute Gasteiger partial charge is 0.277 e. The summed E-state index contributed by atoms with van der Waals surface area (Å²) in [7, 11) is 0. The highest BCUT2D eigenvalue weighted by molar-refractivity contribution is 8.00. The third-order valence-electron chi connectivity index (χ3n) is 4.14. The molecule has 1 N–H and O–H groups in total. The predicted octanol–water partition coefficient (Wildman–Crippen LogP) is 5.81. The summed E-state index contributed by atoms with van der Waals surface area (Å²) in [4.78, 5) is 12.4. The molecule has 0 spiro atoms. The Bertz CT molecular complexity index is 964. The predicted molar refractivity (Wildman–Crippen MR) is 114 cm³/mol. The van der Waals surface area contributed by atoms with E-state index in [0.717, 1.165) is 5.56 Å². The minimum atomic E-state index is -0.407. The van der Waals surface area contributed by atoms with E-state index in [1.54, 1.807) is 31.2 Å². The average molecular weight is 416 g/mol. The SMILES string of the molecule is C[C@H](Sc1nnc(-c2ccc(C(C)(C)C)cc2)o1)C(=O)Nc1cccc(Cl)c1. The Morgan fingerprint density at radius 2 is 1.86 bits per heavy atom. The van der Waals surface area contributed by atoms with Gasteiger partial charge >= 0.3 is 0 Å². The first kappa shape index (κ1) is 20.4. The molecule has 0 saturated heterocycles. The zero-order valence-electron chi connectivity index (χ0n) is 16.2. The Labute approximate surface area is 173 Å². The molecule has 28 heavy (non-hydrogen) atoms. The van der Waals surface area contributed by atoms with Crippen LogP contribution < -0.4 is 5.32 Å². The van der Waals surface area contributed by atoms with Crippen LogP contribution in [0.4, 0.5) is 5.69 Å². The van der Waals surface area contributed by atoms with E-state index in [4.69, 9.17) is 16.0 Å². The van der Waals surface area contributed by atoms with Crippen molar-refractivity contribution in [1.29, 1.82) is 0 Å². The highest BCUT2D eigenvalue weighted by Gasteiger charge is 2.19. The lowest BCUT2D eigenvalue weighted by Gasteiger charge is -2.18. The van der Waals surface area contributed by atoms with Gasteiger partial charge in [0.1, 0.15) is 0 Å². The van der Waals surface area contributed by atoms with Gasteiger partial charge in [0, 0.05) is 16.3 Å². The molecular formula is C21H22ClN3O2S. The Balaban J connectivity index is 1.64. The van der Waals surface area contributed by atoms with Gasteiger partial charge in [-0.25, -0.2) is 0 Å². The second-order valence-electron chi connectivity index (χ2n) is 7.46. The van der Waals surface area contributed by atoms with E-state index in [1.807, 2.05) is 12.1 Å². The van der Waals surface area contributed by atoms with Crippen LogP contribution >= 0.6 is 23.4 Å². The lowest BCUT2D eigenvalue weighted by molar-refractivity contribution is -0.115. The maximum atomic E-state index is 12.4. The molecular weight excluding hydrogens is 394 g/mol. The molecule has 5 nitrogen and oxygen atoms in total. The zero-order valence-corrected chi connectivity index (χ0v) is 17.8. The number of hydrogen-bond acceptors (Lipinski definition) is 5. The van der Waals surface area contributed by atoms with E-state index in [9.17, 15) is 4.79 Å². The minimum absolute atomic E-state index is 0.0835. The average Bonchev–Trinajstić information content (AvgIpc) is 3.09. The zero-order chi connectivity index (χ0) is 20.3. The van der Waals surface area contributed by atoms with E-state index < -0.39 is 5.25 Å². The fourth-order valence-electron chi connectivity index (χ4n) is 2.50. The van der Waals surface area contributed by atoms with Gasteiger partial charge in [-0.2, -0.15) is 0 Å². The summed E-state index contributed by atoms with van der Waals surface area (Å²) < 4.78 is 5.72. The number of carbonyl (C=O) groups is 1. The van der Waals surface area contributed by atoms with Crippen molar-refractivity contribution in [1.82, 2.24) is 10.2 Å². The number of thioether (sulfide) groups is 1. The van der Waals surface area contributed by atoms with Crippen LogP contribution in [0, 0.1) is 0 Å². The Morgan fingerprint density at radius 3 is 2.50 bits per heavy atom. The van der Waals surface area contributed by atoms with Crippen molar-refractivity contribution < 1.29 is 9.21 Å². The highest BCUT2D eigenvalue weighted by Crippen LogP contribution is 2.29. The molecule has 0 aliphatic rings. The van der Waals surface area contributed by atoms with Gasteiger partial charge in [-0.3, -0.25) is 4.79 Å². The summed E-state index contributed by atoms with van der Waals surface area (Å²) in [6, 6.07) is 15.1. The highest BCUT2D eigenvalue weighted by atomic mass is 35.5. The first-order valence-electron chi connectivity index (χ1n) is 8.90. The lowest BCUT2D eigenvalue weighted by atomic mass is 9.87. The molecule has 3 aromatic rings. The number of halogens is 1. The molecule has 1 heterocycles. The van der Waals surface area contributed by atoms with Crippen molar-refractivity contribution in [3.05, 3.63) is 59.1 Å². The number of nitrogens with zero attached hydrogens (tertiary/aromatic N) is 2. The van der Waals surface area contributed by atoms with Crippen molar-refractivity contribution >= 4 is 35.0 Å². The number of amides is 1. The van der Waals surface area contributed by atoms with E-state index in [2.05, 4.69) is 48.4 Å². The Hall–Kier alpha value is -2.31. The number of benzene rings is 2. The van der Waals surface area contributed by atoms with E-state index in [0.29, 0.717) is 21.8 Å². The van der Waals surface area contributed by atoms with Gasteiger partial charge in [0.15, 0.2) is 0 Å². The van der Waals surface area contributed by atoms with Crippen molar-refractivity contribution in [3.8, 4) is 11.5 Å². The van der Waals surface area contributed by atoms with Crippen molar-refractivity contribution in [3.63, 3.8) is 0 Å². The number of aromatic nitrogens is 2.